The SMILES string of the molecule is COC(=O)C(NC(=O)c1cc(-c2ccc([N+](=O)[O-])cc2)no1)C(C)C.O=C(O)c1cc(-c2ccc([N+](=O)[O-])cc2)no1. The number of hydrogen-bond donors (Lipinski definition) is 2. The minimum Gasteiger partial charge on any atom is -0.475 e. The number of nitrogens with one attached hydrogen (secondary N) is 1. The molecule has 2 N–H and O–H groups in total. The highest BCUT2D eigenvalue weighted by molar-refractivity contribution is 5.95. The number of nitro benzene ring substituents is 2. The predicted molar refractivity (Wildman–Crippen MR) is 142 cm³/mol. The Morgan fingerprint density at radius 3 is 1.62 bits per heavy atom. The minimum absolute atomic E-state index is 0.0456. The number of carbonyl (C=O) groups is 3. The third-order valence-electron chi connectivity index (χ3n) is 5.61. The van der Waals surface area contributed by atoms with E-state index in [0.717, 1.165) is 0 Å². The largest absolute Gasteiger partial charge is 0.475 e. The summed E-state index contributed by atoms with van der Waals surface area (Å²) in [5.41, 5.74) is 1.67. The number of nitro groups is 2. The van der Waals surface area contributed by atoms with Gasteiger partial charge in [0.1, 0.15) is 17.4 Å². The fraction of sp³-hybridized carbons (Fsp3) is 0.192. The molecule has 2 aromatic heterocycles. The van der Waals surface area contributed by atoms with Gasteiger partial charge in [-0.25, -0.2) is 9.59 Å². The van der Waals surface area contributed by atoms with Crippen LogP contribution in [0.2, 0.25) is 0 Å². The zero-order chi connectivity index (χ0) is 31.0. The van der Waals surface area contributed by atoms with Crippen molar-refractivity contribution >= 4 is 29.2 Å². The Morgan fingerprint density at radius 1 is 0.833 bits per heavy atom. The van der Waals surface area contributed by atoms with Crippen molar-refractivity contribution in [2.24, 2.45) is 5.92 Å². The summed E-state index contributed by atoms with van der Waals surface area (Å²) >= 11 is 0. The molecule has 4 aromatic rings. The van der Waals surface area contributed by atoms with E-state index in [1.54, 1.807) is 13.8 Å². The van der Waals surface area contributed by atoms with Crippen LogP contribution < -0.4 is 5.32 Å². The molecule has 1 atom stereocenters. The molecule has 4 rings (SSSR count). The van der Waals surface area contributed by atoms with Crippen molar-refractivity contribution in [3.63, 3.8) is 0 Å². The molecule has 1 unspecified atom stereocenters. The zero-order valence-electron chi connectivity index (χ0n) is 22.2. The number of non-ortho nitro benzene ring substituents is 2. The van der Waals surface area contributed by atoms with E-state index >= 15 is 0 Å². The molecule has 218 valence electrons. The number of nitrogens with zero attached hydrogens (tertiary/aromatic N) is 4. The van der Waals surface area contributed by atoms with Crippen LogP contribution in [0.1, 0.15) is 35.0 Å². The Bertz CT molecular complexity index is 1590. The van der Waals surface area contributed by atoms with Crippen LogP contribution in [-0.2, 0) is 9.53 Å². The van der Waals surface area contributed by atoms with Crippen molar-refractivity contribution in [2.75, 3.05) is 7.11 Å². The summed E-state index contributed by atoms with van der Waals surface area (Å²) < 4.78 is 14.2. The van der Waals surface area contributed by atoms with Gasteiger partial charge in [0.05, 0.1) is 17.0 Å². The van der Waals surface area contributed by atoms with Crippen LogP contribution in [0.4, 0.5) is 11.4 Å². The highest BCUT2D eigenvalue weighted by Gasteiger charge is 2.27. The number of hydrogen-bond acceptors (Lipinski definition) is 12. The number of aromatic nitrogens is 2. The zero-order valence-corrected chi connectivity index (χ0v) is 22.2. The van der Waals surface area contributed by atoms with Crippen LogP contribution in [0.25, 0.3) is 22.5 Å². The molecule has 42 heavy (non-hydrogen) atoms. The first-order valence-electron chi connectivity index (χ1n) is 12.0. The minimum atomic E-state index is -1.22. The molecule has 16 heteroatoms. The summed E-state index contributed by atoms with van der Waals surface area (Å²) in [4.78, 5) is 54.6. The molecule has 0 saturated heterocycles. The molecular weight excluding hydrogens is 558 g/mol. The monoisotopic (exact) mass is 581 g/mol. The van der Waals surface area contributed by atoms with Gasteiger partial charge in [-0.1, -0.05) is 24.2 Å². The van der Waals surface area contributed by atoms with Gasteiger partial charge in [0, 0.05) is 47.5 Å². The van der Waals surface area contributed by atoms with Crippen molar-refractivity contribution in [2.45, 2.75) is 19.9 Å². The van der Waals surface area contributed by atoms with Crippen LogP contribution in [0.15, 0.2) is 69.7 Å². The van der Waals surface area contributed by atoms with E-state index in [-0.39, 0.29) is 28.8 Å². The fourth-order valence-corrected chi connectivity index (χ4v) is 3.38. The van der Waals surface area contributed by atoms with Gasteiger partial charge in [0.25, 0.3) is 17.3 Å². The van der Waals surface area contributed by atoms with E-state index in [1.807, 2.05) is 0 Å². The van der Waals surface area contributed by atoms with Crippen molar-refractivity contribution in [3.05, 3.63) is 92.4 Å². The number of amides is 1. The first-order chi connectivity index (χ1) is 19.9. The predicted octanol–water partition coefficient (Wildman–Crippen LogP) is 4.13. The van der Waals surface area contributed by atoms with Gasteiger partial charge in [0.15, 0.2) is 0 Å². The second-order valence-electron chi connectivity index (χ2n) is 8.78. The van der Waals surface area contributed by atoms with E-state index in [9.17, 15) is 34.6 Å². The van der Waals surface area contributed by atoms with Gasteiger partial charge >= 0.3 is 11.9 Å². The summed E-state index contributed by atoms with van der Waals surface area (Å²) in [7, 11) is 1.24. The Kier molecular flexibility index (Phi) is 9.78. The standard InChI is InChI=1S/C16H17N3O6.C10H6N2O5/c1-9(2)14(16(21)24-3)17-15(20)13-8-12(18-25-13)10-4-6-11(7-5-10)19(22)23;13-10(14)9-5-8(11-17-9)6-1-3-7(4-2-6)12(15)16/h4-9,14H,1-3H3,(H,17,20);1-5H,(H,13,14). The lowest BCUT2D eigenvalue weighted by molar-refractivity contribution is -0.385. The summed E-state index contributed by atoms with van der Waals surface area (Å²) in [5.74, 6) is -2.91. The van der Waals surface area contributed by atoms with E-state index in [0.29, 0.717) is 22.5 Å². The number of aromatic carboxylic acids is 1. The van der Waals surface area contributed by atoms with Gasteiger partial charge in [-0.2, -0.15) is 0 Å². The van der Waals surface area contributed by atoms with E-state index in [2.05, 4.69) is 24.9 Å². The van der Waals surface area contributed by atoms with Crippen LogP contribution >= 0.6 is 0 Å². The Hall–Kier alpha value is -5.93. The number of carboxylic acid groups (broad SMARTS) is 1. The molecule has 0 fully saturated rings. The number of carbonyl (C=O) groups excluding carboxylic acids is 2. The van der Waals surface area contributed by atoms with E-state index in [1.165, 1.54) is 67.8 Å². The van der Waals surface area contributed by atoms with Crippen LogP contribution in [0.5, 0.6) is 0 Å². The molecule has 1 amide bonds. The maximum Gasteiger partial charge on any atom is 0.374 e. The third-order valence-corrected chi connectivity index (χ3v) is 5.61. The van der Waals surface area contributed by atoms with Gasteiger partial charge < -0.3 is 24.2 Å². The summed E-state index contributed by atoms with van der Waals surface area (Å²) in [6.45, 7) is 3.54. The molecule has 0 saturated carbocycles. The summed E-state index contributed by atoms with van der Waals surface area (Å²) in [5, 5.41) is 39.6. The first kappa shape index (κ1) is 30.6. The van der Waals surface area contributed by atoms with Crippen LogP contribution in [-0.4, -0.2) is 56.3 Å². The second kappa shape index (κ2) is 13.4. The highest BCUT2D eigenvalue weighted by atomic mass is 16.6. The van der Waals surface area contributed by atoms with Crippen LogP contribution in [0, 0.1) is 26.1 Å². The molecule has 2 aromatic carbocycles. The van der Waals surface area contributed by atoms with Crippen LogP contribution in [0.3, 0.4) is 0 Å². The smallest absolute Gasteiger partial charge is 0.374 e. The van der Waals surface area contributed by atoms with Crippen molar-refractivity contribution in [1.29, 1.82) is 0 Å². The number of rotatable bonds is 9. The lowest BCUT2D eigenvalue weighted by Crippen LogP contribution is -2.44. The maximum absolute atomic E-state index is 12.2. The lowest BCUT2D eigenvalue weighted by Gasteiger charge is -2.18. The number of esters is 1. The maximum atomic E-state index is 12.2. The molecule has 0 bridgehead atoms. The highest BCUT2D eigenvalue weighted by Crippen LogP contribution is 2.23. The molecule has 0 aliphatic heterocycles. The fourth-order valence-electron chi connectivity index (χ4n) is 3.38. The Balaban J connectivity index is 0.000000247. The Morgan fingerprint density at radius 2 is 1.26 bits per heavy atom. The quantitative estimate of drug-likeness (QED) is 0.161. The number of ether oxygens (including phenoxy) is 1. The van der Waals surface area contributed by atoms with Gasteiger partial charge in [0.2, 0.25) is 11.5 Å². The lowest BCUT2D eigenvalue weighted by atomic mass is 10.0. The summed E-state index contributed by atoms with van der Waals surface area (Å²) in [6.07, 6.45) is 0. The van der Waals surface area contributed by atoms with Gasteiger partial charge in [-0.05, 0) is 30.2 Å². The number of methoxy groups -OCH3 is 1. The summed E-state index contributed by atoms with van der Waals surface area (Å²) in [6, 6.07) is 13.1. The van der Waals surface area contributed by atoms with Crippen molar-refractivity contribution in [3.8, 4) is 22.5 Å². The average Bonchev–Trinajstić information content (AvgIpc) is 3.67. The molecule has 0 aliphatic rings. The number of benzene rings is 2. The molecule has 0 spiro atoms. The molecule has 2 heterocycles. The molecular formula is C26H23N5O11. The van der Waals surface area contributed by atoms with E-state index in [4.69, 9.17) is 9.63 Å². The Labute approximate surface area is 236 Å². The molecule has 0 radical (unpaired) electrons. The van der Waals surface area contributed by atoms with Gasteiger partial charge in [-0.15, -0.1) is 0 Å². The second-order valence-corrected chi connectivity index (χ2v) is 8.78. The van der Waals surface area contributed by atoms with E-state index < -0.39 is 33.7 Å². The topological polar surface area (TPSA) is 231 Å². The number of carboxylic acids is 1. The molecule has 0 aliphatic carbocycles. The van der Waals surface area contributed by atoms with Gasteiger partial charge in [-0.3, -0.25) is 25.0 Å². The molecule has 16 nitrogen and oxygen atoms in total. The third kappa shape index (κ3) is 7.59. The van der Waals surface area contributed by atoms with Crippen molar-refractivity contribution in [1.82, 2.24) is 15.6 Å². The normalized spacial score (nSPS) is 11.1. The first-order valence-corrected chi connectivity index (χ1v) is 12.0. The average molecular weight is 581 g/mol. The van der Waals surface area contributed by atoms with Crippen molar-refractivity contribution < 1.29 is 43.1 Å².